The summed E-state index contributed by atoms with van der Waals surface area (Å²) in [5.74, 6) is 0.147. The van der Waals surface area contributed by atoms with E-state index in [1.807, 2.05) is 12.1 Å². The fourth-order valence-electron chi connectivity index (χ4n) is 3.23. The summed E-state index contributed by atoms with van der Waals surface area (Å²) in [5, 5.41) is 22.3. The topological polar surface area (TPSA) is 71.4 Å². The first-order chi connectivity index (χ1) is 12.1. The molecule has 0 saturated heterocycles. The third-order valence-electron chi connectivity index (χ3n) is 4.60. The number of nitrogens with zero attached hydrogens (tertiary/aromatic N) is 1. The summed E-state index contributed by atoms with van der Waals surface area (Å²) in [4.78, 5) is 0. The third kappa shape index (κ3) is 4.32. The van der Waals surface area contributed by atoms with Gasteiger partial charge in [0, 0.05) is 24.7 Å². The molecule has 0 spiro atoms. The van der Waals surface area contributed by atoms with Gasteiger partial charge in [0.05, 0.1) is 0 Å². The quantitative estimate of drug-likeness (QED) is 0.566. The Balaban J connectivity index is 1.72. The zero-order valence-corrected chi connectivity index (χ0v) is 15.3. The van der Waals surface area contributed by atoms with Gasteiger partial charge in [-0.1, -0.05) is 71.0 Å². The minimum absolute atomic E-state index is 0.0123. The molecule has 4 nitrogen and oxygen atoms in total. The number of benzene rings is 2. The second kappa shape index (κ2) is 8.05. The summed E-state index contributed by atoms with van der Waals surface area (Å²) < 4.78 is 1.49. The predicted octanol–water partition coefficient (Wildman–Crippen LogP) is 1.66. The van der Waals surface area contributed by atoms with Crippen LogP contribution in [0.25, 0.3) is 0 Å². The van der Waals surface area contributed by atoms with Gasteiger partial charge in [-0.05, 0) is 12.5 Å². The first-order valence-corrected chi connectivity index (χ1v) is 10.5. The van der Waals surface area contributed by atoms with Crippen LogP contribution < -0.4 is 16.1 Å². The smallest absolute Gasteiger partial charge is 0.193 e. The first kappa shape index (κ1) is 17.3. The molecule has 0 aliphatic heterocycles. The normalized spacial score (nSPS) is 12.4. The summed E-state index contributed by atoms with van der Waals surface area (Å²) in [6, 6.07) is 25.1. The Hall–Kier alpha value is -2.50. The van der Waals surface area contributed by atoms with Gasteiger partial charge < -0.3 is 15.9 Å². The Kier molecular flexibility index (Phi) is 5.58. The van der Waals surface area contributed by atoms with E-state index in [2.05, 4.69) is 48.5 Å². The van der Waals surface area contributed by atoms with E-state index in [4.69, 9.17) is 5.73 Å². The number of nitrogens with two attached hydrogens (primary N) is 1. The zero-order valence-electron chi connectivity index (χ0n) is 14.1. The largest absolute Gasteiger partial charge is 0.494 e. The lowest BCUT2D eigenvalue weighted by molar-refractivity contribution is 0.360. The maximum Gasteiger partial charge on any atom is 0.193 e. The van der Waals surface area contributed by atoms with Crippen molar-refractivity contribution in [2.75, 3.05) is 0 Å². The molecular weight excluding hydrogens is 328 g/mol. The monoisotopic (exact) mass is 352 g/mol. The van der Waals surface area contributed by atoms with Crippen LogP contribution in [0.5, 0.6) is 11.8 Å². The number of hydrogen-bond donors (Lipinski definition) is 3. The average molecular weight is 353 g/mol. The van der Waals surface area contributed by atoms with Gasteiger partial charge in [-0.15, -0.1) is 0 Å². The lowest BCUT2D eigenvalue weighted by atomic mass is 10.2. The van der Waals surface area contributed by atoms with Gasteiger partial charge in [0.15, 0.2) is 11.8 Å². The van der Waals surface area contributed by atoms with E-state index < -0.39 is 8.80 Å². The lowest BCUT2D eigenvalue weighted by Crippen LogP contribution is -2.46. The van der Waals surface area contributed by atoms with Crippen LogP contribution in [0, 0.1) is 0 Å². The van der Waals surface area contributed by atoms with Crippen molar-refractivity contribution >= 4 is 19.2 Å². The fourth-order valence-corrected chi connectivity index (χ4v) is 6.37. The van der Waals surface area contributed by atoms with Crippen LogP contribution in [-0.2, 0) is 6.54 Å². The second-order valence-electron chi connectivity index (χ2n) is 6.36. The summed E-state index contributed by atoms with van der Waals surface area (Å²) in [7, 11) is -1.40. The Bertz CT molecular complexity index is 731. The molecule has 0 aliphatic rings. The second-order valence-corrected chi connectivity index (χ2v) is 9.27. The van der Waals surface area contributed by atoms with Crippen molar-refractivity contribution in [2.24, 2.45) is 5.73 Å². The van der Waals surface area contributed by atoms with Crippen LogP contribution in [0.1, 0.15) is 6.42 Å². The van der Waals surface area contributed by atoms with Crippen LogP contribution in [0.2, 0.25) is 6.04 Å². The van der Waals surface area contributed by atoms with Crippen molar-refractivity contribution in [3.05, 3.63) is 72.8 Å². The molecule has 1 aromatic heterocycles. The maximum atomic E-state index is 9.75. The summed E-state index contributed by atoms with van der Waals surface area (Å²) in [6.45, 7) is 0.510. The summed E-state index contributed by atoms with van der Waals surface area (Å²) in [5.41, 5.74) is 6.42. The van der Waals surface area contributed by atoms with E-state index in [0.29, 0.717) is 13.0 Å². The minimum Gasteiger partial charge on any atom is -0.494 e. The number of rotatable bonds is 7. The molecule has 0 aliphatic carbocycles. The minimum atomic E-state index is -1.40. The highest BCUT2D eigenvalue weighted by molar-refractivity contribution is 6.85. The molecule has 0 saturated carbocycles. The SMILES string of the molecule is NC(CCn1c(O)ccc1O)C[SiH](c1ccccc1)c1ccccc1. The Morgan fingerprint density at radius 3 is 1.76 bits per heavy atom. The molecular formula is C20H24N2O2Si. The van der Waals surface area contributed by atoms with Crippen molar-refractivity contribution in [3.63, 3.8) is 0 Å². The molecule has 4 N–H and O–H groups in total. The predicted molar refractivity (Wildman–Crippen MR) is 104 cm³/mol. The number of aromatic hydroxyl groups is 2. The molecule has 0 fully saturated rings. The highest BCUT2D eigenvalue weighted by atomic mass is 28.3. The summed E-state index contributed by atoms with van der Waals surface area (Å²) >= 11 is 0. The first-order valence-electron chi connectivity index (χ1n) is 8.58. The maximum absolute atomic E-state index is 9.75. The van der Waals surface area contributed by atoms with Crippen LogP contribution in [-0.4, -0.2) is 29.6 Å². The molecule has 25 heavy (non-hydrogen) atoms. The molecule has 3 aromatic rings. The zero-order chi connectivity index (χ0) is 17.6. The molecule has 1 heterocycles. The summed E-state index contributed by atoms with van der Waals surface area (Å²) in [6.07, 6.45) is 0.707. The van der Waals surface area contributed by atoms with E-state index in [1.165, 1.54) is 27.1 Å². The molecule has 3 rings (SSSR count). The highest BCUT2D eigenvalue weighted by Crippen LogP contribution is 2.21. The van der Waals surface area contributed by atoms with Gasteiger partial charge in [-0.2, -0.15) is 0 Å². The third-order valence-corrected chi connectivity index (χ3v) is 8.06. The van der Waals surface area contributed by atoms with Crippen LogP contribution >= 0.6 is 0 Å². The van der Waals surface area contributed by atoms with Crippen molar-refractivity contribution < 1.29 is 10.2 Å². The average Bonchev–Trinajstić information content (AvgIpc) is 2.97. The molecule has 5 heteroatoms. The van der Waals surface area contributed by atoms with Crippen LogP contribution in [0.3, 0.4) is 0 Å². The van der Waals surface area contributed by atoms with Crippen LogP contribution in [0.4, 0.5) is 0 Å². The molecule has 1 unspecified atom stereocenters. The van der Waals surface area contributed by atoms with Gasteiger partial charge in [0.2, 0.25) is 0 Å². The van der Waals surface area contributed by atoms with Gasteiger partial charge in [0.1, 0.15) is 8.80 Å². The molecule has 130 valence electrons. The fraction of sp³-hybridized carbons (Fsp3) is 0.200. The Morgan fingerprint density at radius 2 is 1.28 bits per heavy atom. The van der Waals surface area contributed by atoms with E-state index in [1.54, 1.807) is 0 Å². The number of hydrogen-bond acceptors (Lipinski definition) is 3. The van der Waals surface area contributed by atoms with Gasteiger partial charge in [-0.3, -0.25) is 4.57 Å². The van der Waals surface area contributed by atoms with Crippen molar-refractivity contribution in [2.45, 2.75) is 25.1 Å². The van der Waals surface area contributed by atoms with E-state index >= 15 is 0 Å². The molecule has 0 bridgehead atoms. The highest BCUT2D eigenvalue weighted by Gasteiger charge is 2.20. The van der Waals surface area contributed by atoms with Crippen molar-refractivity contribution in [1.82, 2.24) is 4.57 Å². The Labute approximate surface area is 149 Å². The molecule has 1 atom stereocenters. The number of aromatic nitrogens is 1. The molecule has 2 aromatic carbocycles. The van der Waals surface area contributed by atoms with E-state index in [9.17, 15) is 10.2 Å². The Morgan fingerprint density at radius 1 is 0.800 bits per heavy atom. The van der Waals surface area contributed by atoms with Gasteiger partial charge in [0.25, 0.3) is 0 Å². The van der Waals surface area contributed by atoms with Crippen molar-refractivity contribution in [3.8, 4) is 11.8 Å². The molecule has 0 radical (unpaired) electrons. The van der Waals surface area contributed by atoms with Gasteiger partial charge >= 0.3 is 0 Å². The van der Waals surface area contributed by atoms with Crippen LogP contribution in [0.15, 0.2) is 72.8 Å². The van der Waals surface area contributed by atoms with E-state index in [0.717, 1.165) is 6.04 Å². The molecule has 0 amide bonds. The van der Waals surface area contributed by atoms with E-state index in [-0.39, 0.29) is 17.8 Å². The lowest BCUT2D eigenvalue weighted by Gasteiger charge is -2.21. The standard InChI is InChI=1S/C20H24N2O2Si/c21-16(13-14-22-19(23)11-12-20(22)24)15-25(17-7-3-1-4-8-17)18-9-5-2-6-10-18/h1-12,16,23-25H,13-15,21H2. The van der Waals surface area contributed by atoms with Gasteiger partial charge in [-0.25, -0.2) is 0 Å². The van der Waals surface area contributed by atoms with Crippen molar-refractivity contribution in [1.29, 1.82) is 0 Å².